The van der Waals surface area contributed by atoms with Gasteiger partial charge in [-0.15, -0.1) is 0 Å². The molecular formula is C13H20O. The van der Waals surface area contributed by atoms with Crippen LogP contribution in [0.5, 0.6) is 0 Å². The summed E-state index contributed by atoms with van der Waals surface area (Å²) >= 11 is 0. The zero-order valence-electron chi connectivity index (χ0n) is 9.54. The van der Waals surface area contributed by atoms with Gasteiger partial charge in [-0.2, -0.15) is 0 Å². The van der Waals surface area contributed by atoms with E-state index >= 15 is 0 Å². The maximum Gasteiger partial charge on any atom is 0.0935 e. The van der Waals surface area contributed by atoms with E-state index in [1.54, 1.807) is 0 Å². The molecule has 1 unspecified atom stereocenters. The minimum absolute atomic E-state index is 0.177. The van der Waals surface area contributed by atoms with E-state index in [1.807, 2.05) is 19.1 Å². The van der Waals surface area contributed by atoms with Crippen molar-refractivity contribution >= 4 is 0 Å². The minimum atomic E-state index is -0.414. The molecule has 0 radical (unpaired) electrons. The van der Waals surface area contributed by atoms with Gasteiger partial charge in [0.05, 0.1) is 6.10 Å². The number of rotatable bonds is 2. The van der Waals surface area contributed by atoms with E-state index in [0.29, 0.717) is 0 Å². The highest BCUT2D eigenvalue weighted by molar-refractivity contribution is 5.33. The fourth-order valence-electron chi connectivity index (χ4n) is 2.07. The van der Waals surface area contributed by atoms with Gasteiger partial charge >= 0.3 is 0 Å². The second-order valence-electron chi connectivity index (χ2n) is 4.74. The molecule has 1 rings (SSSR count). The molecule has 0 amide bonds. The molecule has 1 heteroatoms. The third-order valence-corrected chi connectivity index (χ3v) is 2.45. The van der Waals surface area contributed by atoms with Crippen molar-refractivity contribution in [2.24, 2.45) is 5.41 Å². The third kappa shape index (κ3) is 2.85. The Labute approximate surface area is 86.8 Å². The van der Waals surface area contributed by atoms with Crippen LogP contribution in [0.1, 0.15) is 34.1 Å². The van der Waals surface area contributed by atoms with Gasteiger partial charge < -0.3 is 5.11 Å². The summed E-state index contributed by atoms with van der Waals surface area (Å²) in [6.07, 6.45) is 8.61. The zero-order valence-corrected chi connectivity index (χ0v) is 9.54. The van der Waals surface area contributed by atoms with Gasteiger partial charge in [-0.3, -0.25) is 0 Å². The molecular weight excluding hydrogens is 172 g/mol. The van der Waals surface area contributed by atoms with Gasteiger partial charge in [-0.1, -0.05) is 43.7 Å². The molecule has 0 saturated heterocycles. The van der Waals surface area contributed by atoms with E-state index < -0.39 is 6.10 Å². The molecule has 1 nitrogen and oxygen atoms in total. The normalized spacial score (nSPS) is 23.2. The lowest BCUT2D eigenvalue weighted by Gasteiger charge is -2.28. The molecule has 14 heavy (non-hydrogen) atoms. The van der Waals surface area contributed by atoms with Gasteiger partial charge in [0.15, 0.2) is 0 Å². The molecule has 0 spiro atoms. The Bertz CT molecular complexity index is 292. The average molecular weight is 192 g/mol. The van der Waals surface area contributed by atoms with Crippen LogP contribution < -0.4 is 0 Å². The Kier molecular flexibility index (Phi) is 3.33. The van der Waals surface area contributed by atoms with E-state index in [9.17, 15) is 5.11 Å². The van der Waals surface area contributed by atoms with Crippen LogP contribution in [0.15, 0.2) is 35.5 Å². The molecule has 1 aliphatic carbocycles. The molecule has 0 saturated carbocycles. The van der Waals surface area contributed by atoms with Crippen LogP contribution in [-0.4, -0.2) is 11.2 Å². The molecule has 0 fully saturated rings. The topological polar surface area (TPSA) is 20.2 Å². The molecule has 1 atom stereocenters. The van der Waals surface area contributed by atoms with Gasteiger partial charge in [-0.25, -0.2) is 0 Å². The van der Waals surface area contributed by atoms with Gasteiger partial charge in [0, 0.05) is 0 Å². The molecule has 1 N–H and O–H groups in total. The highest BCUT2D eigenvalue weighted by Gasteiger charge is 2.23. The molecule has 0 aromatic heterocycles. The molecule has 0 aliphatic heterocycles. The maximum absolute atomic E-state index is 9.84. The predicted octanol–water partition coefficient (Wildman–Crippen LogP) is 3.23. The van der Waals surface area contributed by atoms with E-state index in [4.69, 9.17) is 0 Å². The highest BCUT2D eigenvalue weighted by Crippen LogP contribution is 2.34. The van der Waals surface area contributed by atoms with Crippen LogP contribution in [0.25, 0.3) is 0 Å². The van der Waals surface area contributed by atoms with Crippen LogP contribution in [0.3, 0.4) is 0 Å². The summed E-state index contributed by atoms with van der Waals surface area (Å²) in [5.41, 5.74) is 2.55. The SMILES string of the molecule is C/C=C\C(O)C1=CC(C)=CC(C)(C)C1. The lowest BCUT2D eigenvalue weighted by molar-refractivity contribution is 0.243. The van der Waals surface area contributed by atoms with Crippen LogP contribution in [-0.2, 0) is 0 Å². The Balaban J connectivity index is 2.87. The first-order chi connectivity index (χ1) is 6.44. The van der Waals surface area contributed by atoms with Gasteiger partial charge in [0.25, 0.3) is 0 Å². The second kappa shape index (κ2) is 4.14. The molecule has 0 bridgehead atoms. The van der Waals surface area contributed by atoms with Crippen LogP contribution in [0.4, 0.5) is 0 Å². The first-order valence-electron chi connectivity index (χ1n) is 5.15. The summed E-state index contributed by atoms with van der Waals surface area (Å²) in [4.78, 5) is 0. The Morgan fingerprint density at radius 1 is 1.50 bits per heavy atom. The lowest BCUT2D eigenvalue weighted by Crippen LogP contribution is -2.19. The van der Waals surface area contributed by atoms with E-state index in [0.717, 1.165) is 12.0 Å². The number of hydrogen-bond acceptors (Lipinski definition) is 1. The monoisotopic (exact) mass is 192 g/mol. The van der Waals surface area contributed by atoms with E-state index in [1.165, 1.54) is 5.57 Å². The minimum Gasteiger partial charge on any atom is -0.385 e. The molecule has 78 valence electrons. The van der Waals surface area contributed by atoms with Crippen molar-refractivity contribution in [3.05, 3.63) is 35.5 Å². The maximum atomic E-state index is 9.84. The van der Waals surface area contributed by atoms with Gasteiger partial charge in [0.1, 0.15) is 0 Å². The molecule has 0 aromatic rings. The average Bonchev–Trinajstić information content (AvgIpc) is 2.00. The summed E-state index contributed by atoms with van der Waals surface area (Å²) in [7, 11) is 0. The number of allylic oxidation sites excluding steroid dienone is 4. The van der Waals surface area contributed by atoms with Crippen LogP contribution in [0.2, 0.25) is 0 Å². The number of aliphatic hydroxyl groups excluding tert-OH is 1. The zero-order chi connectivity index (χ0) is 10.8. The summed E-state index contributed by atoms with van der Waals surface area (Å²) in [5, 5.41) is 9.84. The van der Waals surface area contributed by atoms with Gasteiger partial charge in [-0.05, 0) is 31.3 Å². The van der Waals surface area contributed by atoms with Crippen molar-refractivity contribution in [2.75, 3.05) is 0 Å². The quantitative estimate of drug-likeness (QED) is 0.666. The third-order valence-electron chi connectivity index (χ3n) is 2.45. The van der Waals surface area contributed by atoms with Crippen LogP contribution >= 0.6 is 0 Å². The molecule has 0 heterocycles. The van der Waals surface area contributed by atoms with E-state index in [-0.39, 0.29) is 5.41 Å². The molecule has 1 aliphatic rings. The number of hydrogen-bond donors (Lipinski definition) is 1. The van der Waals surface area contributed by atoms with E-state index in [2.05, 4.69) is 32.9 Å². The fourth-order valence-corrected chi connectivity index (χ4v) is 2.07. The van der Waals surface area contributed by atoms with Crippen molar-refractivity contribution in [3.8, 4) is 0 Å². The van der Waals surface area contributed by atoms with Crippen LogP contribution in [0, 0.1) is 5.41 Å². The Morgan fingerprint density at radius 2 is 2.14 bits per heavy atom. The fraction of sp³-hybridized carbons (Fsp3) is 0.538. The van der Waals surface area contributed by atoms with Gasteiger partial charge in [0.2, 0.25) is 0 Å². The predicted molar refractivity (Wildman–Crippen MR) is 61.1 cm³/mol. The molecule has 0 aromatic carbocycles. The Hall–Kier alpha value is -0.820. The standard InChI is InChI=1S/C13H20O/c1-5-6-12(14)11-7-10(2)8-13(3,4)9-11/h5-8,12,14H,9H2,1-4H3/b6-5-. The largest absolute Gasteiger partial charge is 0.385 e. The van der Waals surface area contributed by atoms with Crippen molar-refractivity contribution in [2.45, 2.75) is 40.2 Å². The summed E-state index contributed by atoms with van der Waals surface area (Å²) < 4.78 is 0. The van der Waals surface area contributed by atoms with Crippen molar-refractivity contribution in [1.82, 2.24) is 0 Å². The summed E-state index contributed by atoms with van der Waals surface area (Å²) in [5.74, 6) is 0. The Morgan fingerprint density at radius 3 is 2.64 bits per heavy atom. The highest BCUT2D eigenvalue weighted by atomic mass is 16.3. The van der Waals surface area contributed by atoms with Crippen molar-refractivity contribution in [3.63, 3.8) is 0 Å². The number of aliphatic hydroxyl groups is 1. The lowest BCUT2D eigenvalue weighted by atomic mass is 9.78. The first-order valence-corrected chi connectivity index (χ1v) is 5.15. The summed E-state index contributed by atoms with van der Waals surface area (Å²) in [6.45, 7) is 8.42. The van der Waals surface area contributed by atoms with Crippen molar-refractivity contribution in [1.29, 1.82) is 0 Å². The first kappa shape index (κ1) is 11.3. The van der Waals surface area contributed by atoms with Crippen molar-refractivity contribution < 1.29 is 5.11 Å². The summed E-state index contributed by atoms with van der Waals surface area (Å²) in [6, 6.07) is 0. The smallest absolute Gasteiger partial charge is 0.0935 e. The second-order valence-corrected chi connectivity index (χ2v) is 4.74.